The van der Waals surface area contributed by atoms with E-state index in [1.54, 1.807) is 24.7 Å². The second-order valence-electron chi connectivity index (χ2n) is 5.80. The lowest BCUT2D eigenvalue weighted by Crippen LogP contribution is -2.35. The van der Waals surface area contributed by atoms with Crippen LogP contribution >= 0.6 is 0 Å². The zero-order chi connectivity index (χ0) is 16.5. The van der Waals surface area contributed by atoms with E-state index < -0.39 is 0 Å². The molecule has 6 heteroatoms. The molecule has 1 saturated heterocycles. The molecule has 2 aliphatic heterocycles. The normalized spacial score (nSPS) is 24.9. The third-order valence-electron chi connectivity index (χ3n) is 4.51. The Morgan fingerprint density at radius 2 is 2.00 bits per heavy atom. The minimum Gasteiger partial charge on any atom is -0.494 e. The SMILES string of the molecule is COc1ccc(C2NN3C=CN=CC3C2c2ccncc2)cc1F. The van der Waals surface area contributed by atoms with Crippen LogP contribution in [0.5, 0.6) is 5.75 Å². The standard InChI is InChI=1S/C18H17FN4O/c1-24-16-3-2-13(10-14(16)19)18-17(12-4-6-20-7-5-12)15-11-21-8-9-23(15)22-18/h2-11,15,17-18,22H,1H3. The monoisotopic (exact) mass is 324 g/mol. The van der Waals surface area contributed by atoms with Crippen molar-refractivity contribution in [2.24, 2.45) is 4.99 Å². The van der Waals surface area contributed by atoms with Gasteiger partial charge in [-0.3, -0.25) is 9.98 Å². The van der Waals surface area contributed by atoms with E-state index in [4.69, 9.17) is 4.74 Å². The van der Waals surface area contributed by atoms with Gasteiger partial charge < -0.3 is 9.75 Å². The number of fused-ring (bicyclic) bond motifs is 1. The molecule has 1 aromatic carbocycles. The Kier molecular flexibility index (Phi) is 3.74. The van der Waals surface area contributed by atoms with E-state index in [-0.39, 0.29) is 29.6 Å². The molecule has 0 spiro atoms. The Balaban J connectivity index is 1.76. The summed E-state index contributed by atoms with van der Waals surface area (Å²) in [7, 11) is 1.47. The summed E-state index contributed by atoms with van der Waals surface area (Å²) >= 11 is 0. The van der Waals surface area contributed by atoms with Gasteiger partial charge in [-0.25, -0.2) is 9.82 Å². The molecule has 122 valence electrons. The van der Waals surface area contributed by atoms with E-state index in [0.717, 1.165) is 11.1 Å². The highest BCUT2D eigenvalue weighted by atomic mass is 19.1. The number of ether oxygens (including phenoxy) is 1. The summed E-state index contributed by atoms with van der Waals surface area (Å²) in [6.07, 6.45) is 9.11. The van der Waals surface area contributed by atoms with Crippen molar-refractivity contribution in [1.82, 2.24) is 15.4 Å². The number of aliphatic imine (C=N–C) groups is 1. The number of benzene rings is 1. The van der Waals surface area contributed by atoms with E-state index in [9.17, 15) is 4.39 Å². The van der Waals surface area contributed by atoms with Gasteiger partial charge in [-0.05, 0) is 35.4 Å². The Morgan fingerprint density at radius 1 is 1.17 bits per heavy atom. The number of pyridine rings is 1. The molecule has 1 aromatic heterocycles. The highest BCUT2D eigenvalue weighted by molar-refractivity contribution is 5.69. The van der Waals surface area contributed by atoms with Crippen molar-refractivity contribution in [2.75, 3.05) is 7.11 Å². The third-order valence-corrected chi connectivity index (χ3v) is 4.51. The molecular formula is C18H17FN4O. The van der Waals surface area contributed by atoms with Gasteiger partial charge in [-0.2, -0.15) is 0 Å². The summed E-state index contributed by atoms with van der Waals surface area (Å²) in [6, 6.07) is 9.07. The first kappa shape index (κ1) is 14.8. The molecule has 4 rings (SSSR count). The van der Waals surface area contributed by atoms with Gasteiger partial charge in [0.15, 0.2) is 11.6 Å². The average Bonchev–Trinajstić information content (AvgIpc) is 3.02. The number of hydrogen-bond acceptors (Lipinski definition) is 5. The van der Waals surface area contributed by atoms with Crippen LogP contribution in [0.4, 0.5) is 4.39 Å². The van der Waals surface area contributed by atoms with Crippen molar-refractivity contribution < 1.29 is 9.13 Å². The number of nitrogens with one attached hydrogen (secondary N) is 1. The number of methoxy groups -OCH3 is 1. The summed E-state index contributed by atoms with van der Waals surface area (Å²) in [5, 5.41) is 2.02. The Labute approximate surface area is 139 Å². The van der Waals surface area contributed by atoms with Gasteiger partial charge in [-0.1, -0.05) is 6.07 Å². The summed E-state index contributed by atoms with van der Waals surface area (Å²) in [5.41, 5.74) is 5.45. The van der Waals surface area contributed by atoms with Crippen LogP contribution in [0, 0.1) is 5.82 Å². The van der Waals surface area contributed by atoms with E-state index >= 15 is 0 Å². The zero-order valence-electron chi connectivity index (χ0n) is 13.1. The minimum absolute atomic E-state index is 0.0626. The first-order chi connectivity index (χ1) is 11.8. The summed E-state index contributed by atoms with van der Waals surface area (Å²) in [5.74, 6) is -0.0229. The molecule has 5 nitrogen and oxygen atoms in total. The van der Waals surface area contributed by atoms with Crippen LogP contribution in [-0.4, -0.2) is 29.4 Å². The molecule has 0 bridgehead atoms. The Hall–Kier alpha value is -2.73. The lowest BCUT2D eigenvalue weighted by atomic mass is 9.84. The summed E-state index contributed by atoms with van der Waals surface area (Å²) < 4.78 is 19.2. The molecule has 3 heterocycles. The number of hydrazine groups is 1. The van der Waals surface area contributed by atoms with Gasteiger partial charge >= 0.3 is 0 Å². The second-order valence-corrected chi connectivity index (χ2v) is 5.80. The second kappa shape index (κ2) is 6.05. The van der Waals surface area contributed by atoms with Crippen molar-refractivity contribution in [3.05, 3.63) is 72.1 Å². The number of hydrogen-bond donors (Lipinski definition) is 1. The van der Waals surface area contributed by atoms with E-state index in [1.807, 2.05) is 35.6 Å². The predicted molar refractivity (Wildman–Crippen MR) is 89.1 cm³/mol. The first-order valence-corrected chi connectivity index (χ1v) is 7.76. The van der Waals surface area contributed by atoms with Crippen molar-refractivity contribution >= 4 is 6.21 Å². The van der Waals surface area contributed by atoms with Gasteiger partial charge in [0.2, 0.25) is 0 Å². The lowest BCUT2D eigenvalue weighted by molar-refractivity contribution is 0.302. The molecule has 3 atom stereocenters. The van der Waals surface area contributed by atoms with E-state index in [1.165, 1.54) is 13.2 Å². The summed E-state index contributed by atoms with van der Waals surface area (Å²) in [6.45, 7) is 0. The van der Waals surface area contributed by atoms with Crippen molar-refractivity contribution in [1.29, 1.82) is 0 Å². The maximum Gasteiger partial charge on any atom is 0.165 e. The van der Waals surface area contributed by atoms with Gasteiger partial charge in [0.05, 0.1) is 19.2 Å². The lowest BCUT2D eigenvalue weighted by Gasteiger charge is -2.24. The Morgan fingerprint density at radius 3 is 2.75 bits per heavy atom. The van der Waals surface area contributed by atoms with Crippen LogP contribution in [0.25, 0.3) is 0 Å². The van der Waals surface area contributed by atoms with Crippen LogP contribution in [0.2, 0.25) is 0 Å². The largest absolute Gasteiger partial charge is 0.494 e. The number of aromatic nitrogens is 1. The van der Waals surface area contributed by atoms with Crippen LogP contribution in [0.1, 0.15) is 23.1 Å². The zero-order valence-corrected chi connectivity index (χ0v) is 13.1. The van der Waals surface area contributed by atoms with Crippen LogP contribution in [-0.2, 0) is 0 Å². The molecule has 0 aliphatic carbocycles. The minimum atomic E-state index is -0.362. The highest BCUT2D eigenvalue weighted by Crippen LogP contribution is 2.41. The predicted octanol–water partition coefficient (Wildman–Crippen LogP) is 2.80. The molecule has 3 unspecified atom stereocenters. The van der Waals surface area contributed by atoms with Crippen molar-refractivity contribution in [2.45, 2.75) is 18.0 Å². The fourth-order valence-electron chi connectivity index (χ4n) is 3.39. The van der Waals surface area contributed by atoms with Crippen LogP contribution < -0.4 is 10.2 Å². The Bertz CT molecular complexity index is 793. The van der Waals surface area contributed by atoms with E-state index in [0.29, 0.717) is 0 Å². The van der Waals surface area contributed by atoms with Gasteiger partial charge in [0, 0.05) is 36.9 Å². The van der Waals surface area contributed by atoms with Crippen molar-refractivity contribution in [3.63, 3.8) is 0 Å². The summed E-state index contributed by atoms with van der Waals surface area (Å²) in [4.78, 5) is 8.37. The molecule has 0 radical (unpaired) electrons. The topological polar surface area (TPSA) is 49.8 Å². The smallest absolute Gasteiger partial charge is 0.165 e. The number of rotatable bonds is 3. The molecule has 2 aliphatic rings. The average molecular weight is 324 g/mol. The maximum atomic E-state index is 14.2. The van der Waals surface area contributed by atoms with Crippen molar-refractivity contribution in [3.8, 4) is 5.75 Å². The third kappa shape index (κ3) is 2.45. The van der Waals surface area contributed by atoms with Gasteiger partial charge in [0.25, 0.3) is 0 Å². The van der Waals surface area contributed by atoms with Gasteiger partial charge in [0.1, 0.15) is 0 Å². The first-order valence-electron chi connectivity index (χ1n) is 7.76. The molecule has 2 aromatic rings. The van der Waals surface area contributed by atoms with Crippen LogP contribution in [0.15, 0.2) is 60.1 Å². The van der Waals surface area contributed by atoms with Gasteiger partial charge in [-0.15, -0.1) is 0 Å². The molecular weight excluding hydrogens is 307 g/mol. The fourth-order valence-corrected chi connectivity index (χ4v) is 3.39. The maximum absolute atomic E-state index is 14.2. The molecule has 1 fully saturated rings. The number of halogens is 1. The fraction of sp³-hybridized carbons (Fsp3) is 0.222. The van der Waals surface area contributed by atoms with Crippen LogP contribution in [0.3, 0.4) is 0 Å². The molecule has 0 amide bonds. The number of nitrogens with zero attached hydrogens (tertiary/aromatic N) is 3. The molecule has 24 heavy (non-hydrogen) atoms. The molecule has 0 saturated carbocycles. The van der Waals surface area contributed by atoms with E-state index in [2.05, 4.69) is 15.4 Å². The quantitative estimate of drug-likeness (QED) is 0.943. The molecule has 1 N–H and O–H groups in total. The highest BCUT2D eigenvalue weighted by Gasteiger charge is 2.42.